The Kier molecular flexibility index (Phi) is 11.1. The summed E-state index contributed by atoms with van der Waals surface area (Å²) in [4.78, 5) is 0. The highest BCUT2D eigenvalue weighted by molar-refractivity contribution is 7.45. The maximum atomic E-state index is 6.73. The second-order valence-electron chi connectivity index (χ2n) is 7.51. The molecule has 1 aromatic rings. The minimum absolute atomic E-state index is 0.437. The van der Waals surface area contributed by atoms with E-state index in [1.165, 1.54) is 36.8 Å². The Morgan fingerprint density at radius 3 is 1.92 bits per heavy atom. The van der Waals surface area contributed by atoms with Crippen molar-refractivity contribution in [2.24, 2.45) is 0 Å². The molecule has 0 aliphatic carbocycles. The van der Waals surface area contributed by atoms with Crippen LogP contribution in [0.4, 0.5) is 0 Å². The van der Waals surface area contributed by atoms with Crippen LogP contribution in [0.25, 0.3) is 0 Å². The minimum Gasteiger partial charge on any atom is -0.146 e. The number of halogens is 4. The van der Waals surface area contributed by atoms with Crippen molar-refractivity contribution in [2.45, 2.75) is 83.0 Å². The summed E-state index contributed by atoms with van der Waals surface area (Å²) in [5.41, 5.74) is 2.72. The van der Waals surface area contributed by atoms with Gasteiger partial charge in [0.05, 0.1) is 0 Å². The van der Waals surface area contributed by atoms with Crippen LogP contribution >= 0.6 is 44.3 Å². The lowest BCUT2D eigenvalue weighted by molar-refractivity contribution is 0.621. The monoisotopic (exact) mass is 456 g/mol. The highest BCUT2D eigenvalue weighted by Crippen LogP contribution is 2.36. The van der Waals surface area contributed by atoms with Crippen molar-refractivity contribution in [3.05, 3.63) is 35.4 Å². The molecule has 1 aromatic carbocycles. The van der Waals surface area contributed by atoms with Crippen LogP contribution in [-0.4, -0.2) is 13.4 Å². The Morgan fingerprint density at radius 2 is 1.36 bits per heavy atom. The zero-order valence-electron chi connectivity index (χ0n) is 15.8. The van der Waals surface area contributed by atoms with Crippen LogP contribution in [0.15, 0.2) is 24.3 Å². The van der Waals surface area contributed by atoms with Crippen molar-refractivity contribution in [3.8, 4) is 0 Å². The van der Waals surface area contributed by atoms with Gasteiger partial charge in [-0.05, 0) is 48.6 Å². The van der Waals surface area contributed by atoms with Gasteiger partial charge in [-0.15, -0.1) is 44.3 Å². The molecule has 1 atom stereocenters. The fourth-order valence-electron chi connectivity index (χ4n) is 3.33. The third-order valence-electron chi connectivity index (χ3n) is 4.73. The van der Waals surface area contributed by atoms with Crippen LogP contribution in [0.1, 0.15) is 62.5 Å². The molecule has 1 unspecified atom stereocenters. The van der Waals surface area contributed by atoms with Gasteiger partial charge in [-0.25, -0.2) is 0 Å². The first-order chi connectivity index (χ1) is 11.6. The predicted molar refractivity (Wildman–Crippen MR) is 123 cm³/mol. The molecule has 0 fully saturated rings. The van der Waals surface area contributed by atoms with Crippen LogP contribution in [0, 0.1) is 6.92 Å². The molecule has 6 heteroatoms. The largest absolute Gasteiger partial charge is 0.251 e. The summed E-state index contributed by atoms with van der Waals surface area (Å²) < 4.78 is 0. The summed E-state index contributed by atoms with van der Waals surface area (Å²) in [6, 6.07) is 11.5. The maximum Gasteiger partial charge on any atom is 0.251 e. The lowest BCUT2D eigenvalue weighted by Gasteiger charge is -2.22. The van der Waals surface area contributed by atoms with Crippen LogP contribution in [-0.2, 0) is 0 Å². The molecule has 0 nitrogen and oxygen atoms in total. The quantitative estimate of drug-likeness (QED) is 0.167. The lowest BCUT2D eigenvalue weighted by Crippen LogP contribution is -2.21. The Hall–Kier alpha value is 0.814. The zero-order chi connectivity index (χ0) is 18.9. The van der Waals surface area contributed by atoms with Crippen molar-refractivity contribution in [2.75, 3.05) is 0 Å². The maximum absolute atomic E-state index is 6.73. The van der Waals surface area contributed by atoms with E-state index in [1.54, 1.807) is 0 Å². The van der Waals surface area contributed by atoms with E-state index in [4.69, 9.17) is 44.3 Å². The van der Waals surface area contributed by atoms with E-state index in [2.05, 4.69) is 38.1 Å². The molecule has 0 saturated carbocycles. The number of unbranched alkanes of at least 4 members (excludes halogenated alkanes) is 5. The third kappa shape index (κ3) is 11.3. The topological polar surface area (TPSA) is 0 Å². The molecule has 144 valence electrons. The summed E-state index contributed by atoms with van der Waals surface area (Å²) >= 11 is 25.7. The number of hydrogen-bond acceptors (Lipinski definition) is 0. The van der Waals surface area contributed by atoms with E-state index in [-0.39, 0.29) is 0 Å². The van der Waals surface area contributed by atoms with Crippen LogP contribution in [0.2, 0.25) is 24.7 Å². The molecule has 0 amide bonds. The molecular weight excluding hydrogens is 426 g/mol. The number of aryl methyl sites for hydroxylation is 1. The summed E-state index contributed by atoms with van der Waals surface area (Å²) in [5.74, 6) is 0.437. The molecule has 0 bridgehead atoms. The molecule has 1 rings (SSSR count). The van der Waals surface area contributed by atoms with E-state index in [0.717, 1.165) is 31.0 Å². The average Bonchev–Trinajstić information content (AvgIpc) is 2.48. The molecule has 0 N–H and O–H groups in total. The molecule has 0 spiro atoms. The van der Waals surface area contributed by atoms with Crippen LogP contribution in [0.5, 0.6) is 0 Å². The minimum atomic E-state index is -2.16. The molecule has 0 saturated heterocycles. The van der Waals surface area contributed by atoms with E-state index >= 15 is 0 Å². The lowest BCUT2D eigenvalue weighted by atomic mass is 9.98. The molecular formula is C19H32Cl4Si2. The van der Waals surface area contributed by atoms with Crippen LogP contribution in [0.3, 0.4) is 0 Å². The number of benzene rings is 1. The molecule has 0 aliphatic heterocycles. The van der Waals surface area contributed by atoms with E-state index in [0.29, 0.717) is 5.92 Å². The standard InChI is InChI=1S/C19H32Cl4Si2/c1-17-12-8-9-13-19(17)18(2)16-25(22,23)15-11-7-5-4-6-10-14-24(3,20)21/h8-9,12-13,18H,4-7,10-11,14-16H2,1-3H3. The van der Waals surface area contributed by atoms with Gasteiger partial charge in [-0.2, -0.15) is 0 Å². The summed E-state index contributed by atoms with van der Waals surface area (Å²) in [6.45, 7) is 2.37. The highest BCUT2D eigenvalue weighted by atomic mass is 35.7. The average molecular weight is 458 g/mol. The van der Waals surface area contributed by atoms with Gasteiger partial charge < -0.3 is 0 Å². The SMILES string of the molecule is Cc1ccccc1C(C)C[Si](Cl)(Cl)CCCCCCCC[Si](C)(Cl)Cl. The molecule has 0 aromatic heterocycles. The Balaban J connectivity index is 2.20. The van der Waals surface area contributed by atoms with Crippen LogP contribution < -0.4 is 0 Å². The van der Waals surface area contributed by atoms with Crippen molar-refractivity contribution >= 4 is 57.7 Å². The van der Waals surface area contributed by atoms with Gasteiger partial charge >= 0.3 is 0 Å². The van der Waals surface area contributed by atoms with E-state index in [1.807, 2.05) is 6.55 Å². The highest BCUT2D eigenvalue weighted by Gasteiger charge is 2.30. The first-order valence-electron chi connectivity index (χ1n) is 9.42. The van der Waals surface area contributed by atoms with Gasteiger partial charge in [0, 0.05) is 0 Å². The number of rotatable bonds is 12. The Bertz CT molecular complexity index is 500. The van der Waals surface area contributed by atoms with Gasteiger partial charge in [0.25, 0.3) is 6.69 Å². The van der Waals surface area contributed by atoms with E-state index < -0.39 is 13.4 Å². The van der Waals surface area contributed by atoms with E-state index in [9.17, 15) is 0 Å². The third-order valence-corrected chi connectivity index (χ3v) is 11.5. The second-order valence-corrected chi connectivity index (χ2v) is 23.3. The van der Waals surface area contributed by atoms with Gasteiger partial charge in [0.2, 0.25) is 6.69 Å². The van der Waals surface area contributed by atoms with Gasteiger partial charge in [0.15, 0.2) is 0 Å². The first kappa shape index (κ1) is 23.9. The smallest absolute Gasteiger partial charge is 0.146 e. The number of hydrogen-bond donors (Lipinski definition) is 0. The summed E-state index contributed by atoms with van der Waals surface area (Å²) in [7, 11) is 0. The Labute approximate surface area is 175 Å². The molecule has 0 aliphatic rings. The molecule has 0 radical (unpaired) electrons. The second kappa shape index (κ2) is 11.6. The van der Waals surface area contributed by atoms with Crippen molar-refractivity contribution in [1.82, 2.24) is 0 Å². The molecule has 0 heterocycles. The molecule has 25 heavy (non-hydrogen) atoms. The van der Waals surface area contributed by atoms with Gasteiger partial charge in [-0.1, -0.05) is 69.7 Å². The zero-order valence-corrected chi connectivity index (χ0v) is 20.8. The van der Waals surface area contributed by atoms with Crippen molar-refractivity contribution < 1.29 is 0 Å². The van der Waals surface area contributed by atoms with Gasteiger partial charge in [-0.3, -0.25) is 0 Å². The fraction of sp³-hybridized carbons (Fsp3) is 0.684. The normalized spacial score (nSPS) is 13.9. The van der Waals surface area contributed by atoms with Gasteiger partial charge in [0.1, 0.15) is 0 Å². The van der Waals surface area contributed by atoms with Crippen molar-refractivity contribution in [1.29, 1.82) is 0 Å². The summed E-state index contributed by atoms with van der Waals surface area (Å²) in [5, 5.41) is 0. The summed E-state index contributed by atoms with van der Waals surface area (Å²) in [6.07, 6.45) is 7.29. The Morgan fingerprint density at radius 1 is 0.840 bits per heavy atom. The van der Waals surface area contributed by atoms with Crippen molar-refractivity contribution in [3.63, 3.8) is 0 Å². The predicted octanol–water partition coefficient (Wildman–Crippen LogP) is 8.91. The first-order valence-corrected chi connectivity index (χ1v) is 18.6. The fourth-order valence-corrected chi connectivity index (χ4v) is 9.28.